The fourth-order valence-electron chi connectivity index (χ4n) is 5.02. The summed E-state index contributed by atoms with van der Waals surface area (Å²) in [5.74, 6) is 2.42. The zero-order valence-corrected chi connectivity index (χ0v) is 22.4. The van der Waals surface area contributed by atoms with Crippen molar-refractivity contribution in [3.05, 3.63) is 53.9 Å². The van der Waals surface area contributed by atoms with Crippen LogP contribution in [0, 0.1) is 11.8 Å². The molecule has 1 amide bonds. The van der Waals surface area contributed by atoms with Crippen molar-refractivity contribution >= 4 is 17.4 Å². The maximum Gasteiger partial charge on any atom is 0.225 e. The largest absolute Gasteiger partial charge is 0.493 e. The Morgan fingerprint density at radius 1 is 1.14 bits per heavy atom. The summed E-state index contributed by atoms with van der Waals surface area (Å²) in [6.45, 7) is 7.28. The molecular weight excluding hydrogens is 464 g/mol. The number of hydrogen-bond donors (Lipinski definition) is 2. The molecule has 1 aromatic carbocycles. The van der Waals surface area contributed by atoms with Gasteiger partial charge in [0.25, 0.3) is 0 Å². The maximum absolute atomic E-state index is 12.4. The van der Waals surface area contributed by atoms with E-state index in [9.17, 15) is 9.90 Å². The summed E-state index contributed by atoms with van der Waals surface area (Å²) < 4.78 is 6.13. The molecule has 37 heavy (non-hydrogen) atoms. The number of aryl methyl sites for hydroxylation is 1. The Kier molecular flexibility index (Phi) is 9.94. The zero-order chi connectivity index (χ0) is 26.0. The third-order valence-electron chi connectivity index (χ3n) is 7.74. The van der Waals surface area contributed by atoms with Crippen molar-refractivity contribution in [1.29, 1.82) is 0 Å². The summed E-state index contributed by atoms with van der Waals surface area (Å²) in [5, 5.41) is 12.6. The van der Waals surface area contributed by atoms with E-state index in [1.165, 1.54) is 16.7 Å². The van der Waals surface area contributed by atoms with Crippen molar-refractivity contribution in [3.63, 3.8) is 0 Å². The van der Waals surface area contributed by atoms with Gasteiger partial charge in [0.2, 0.25) is 11.9 Å². The third kappa shape index (κ3) is 7.78. The van der Waals surface area contributed by atoms with Crippen molar-refractivity contribution < 1.29 is 14.6 Å². The number of allylic oxidation sites excluding steroid dienone is 2. The molecule has 1 aliphatic heterocycles. The van der Waals surface area contributed by atoms with E-state index in [-0.39, 0.29) is 17.9 Å². The SMILES string of the molecule is CCc1cnc(N2CCC(COc3ccc(C4=CCC(C(=O)NCCC(O)CC)CC4)cc3)CC2)nc1. The first-order valence-electron chi connectivity index (χ1n) is 14.0. The molecule has 7 nitrogen and oxygen atoms in total. The van der Waals surface area contributed by atoms with Crippen LogP contribution in [0.15, 0.2) is 42.7 Å². The minimum absolute atomic E-state index is 0.0267. The molecule has 1 aromatic heterocycles. The number of amides is 1. The van der Waals surface area contributed by atoms with E-state index in [1.807, 2.05) is 19.3 Å². The number of piperidine rings is 1. The van der Waals surface area contributed by atoms with Crippen molar-refractivity contribution in [1.82, 2.24) is 15.3 Å². The summed E-state index contributed by atoms with van der Waals surface area (Å²) >= 11 is 0. The van der Waals surface area contributed by atoms with Crippen LogP contribution in [0.5, 0.6) is 5.75 Å². The van der Waals surface area contributed by atoms with Gasteiger partial charge in [-0.05, 0) is 86.1 Å². The number of aliphatic hydroxyl groups is 1. The van der Waals surface area contributed by atoms with Crippen molar-refractivity contribution in [2.24, 2.45) is 11.8 Å². The van der Waals surface area contributed by atoms with E-state index in [2.05, 4.69) is 57.4 Å². The zero-order valence-electron chi connectivity index (χ0n) is 22.4. The molecule has 0 spiro atoms. The predicted octanol–water partition coefficient (Wildman–Crippen LogP) is 4.80. The van der Waals surface area contributed by atoms with Gasteiger partial charge in [0.1, 0.15) is 5.75 Å². The van der Waals surface area contributed by atoms with Gasteiger partial charge in [-0.25, -0.2) is 9.97 Å². The van der Waals surface area contributed by atoms with Crippen LogP contribution in [0.3, 0.4) is 0 Å². The van der Waals surface area contributed by atoms with Gasteiger partial charge in [0, 0.05) is 37.9 Å². The lowest BCUT2D eigenvalue weighted by Gasteiger charge is -2.31. The number of carbonyl (C=O) groups is 1. The minimum atomic E-state index is -0.331. The number of nitrogens with zero attached hydrogens (tertiary/aromatic N) is 3. The Bertz CT molecular complexity index is 1010. The maximum atomic E-state index is 12.4. The summed E-state index contributed by atoms with van der Waals surface area (Å²) in [5.41, 5.74) is 3.68. The van der Waals surface area contributed by atoms with E-state index in [1.54, 1.807) is 0 Å². The van der Waals surface area contributed by atoms with Crippen LogP contribution in [-0.2, 0) is 11.2 Å². The second kappa shape index (κ2) is 13.6. The number of anilines is 1. The highest BCUT2D eigenvalue weighted by Gasteiger charge is 2.23. The number of aliphatic hydroxyl groups excluding tert-OH is 1. The normalized spacial score (nSPS) is 19.3. The quantitative estimate of drug-likeness (QED) is 0.455. The van der Waals surface area contributed by atoms with Gasteiger partial charge < -0.3 is 20.1 Å². The van der Waals surface area contributed by atoms with Crippen LogP contribution in [-0.4, -0.2) is 53.3 Å². The molecule has 1 saturated heterocycles. The lowest BCUT2D eigenvalue weighted by molar-refractivity contribution is -0.125. The van der Waals surface area contributed by atoms with E-state index in [0.717, 1.165) is 76.3 Å². The molecule has 200 valence electrons. The molecule has 2 atom stereocenters. The number of aromatic nitrogens is 2. The number of ether oxygens (including phenoxy) is 1. The third-order valence-corrected chi connectivity index (χ3v) is 7.74. The summed E-state index contributed by atoms with van der Waals surface area (Å²) in [7, 11) is 0. The Labute approximate surface area is 221 Å². The molecule has 0 saturated carbocycles. The van der Waals surface area contributed by atoms with Gasteiger partial charge in [-0.1, -0.05) is 32.1 Å². The molecular formula is C30H42N4O3. The number of benzene rings is 1. The Balaban J connectivity index is 1.18. The lowest BCUT2D eigenvalue weighted by atomic mass is 9.86. The van der Waals surface area contributed by atoms with E-state index in [4.69, 9.17) is 4.74 Å². The first kappa shape index (κ1) is 27.1. The number of nitrogens with one attached hydrogen (secondary N) is 1. The topological polar surface area (TPSA) is 87.6 Å². The van der Waals surface area contributed by atoms with Gasteiger partial charge >= 0.3 is 0 Å². The second-order valence-corrected chi connectivity index (χ2v) is 10.4. The molecule has 2 heterocycles. The van der Waals surface area contributed by atoms with E-state index in [0.29, 0.717) is 18.9 Å². The van der Waals surface area contributed by atoms with E-state index >= 15 is 0 Å². The Morgan fingerprint density at radius 2 is 1.86 bits per heavy atom. The van der Waals surface area contributed by atoms with Gasteiger partial charge in [-0.2, -0.15) is 0 Å². The molecule has 2 aliphatic rings. The first-order chi connectivity index (χ1) is 18.1. The van der Waals surface area contributed by atoms with Crippen LogP contribution in [0.25, 0.3) is 5.57 Å². The van der Waals surface area contributed by atoms with Gasteiger partial charge in [-0.15, -0.1) is 0 Å². The van der Waals surface area contributed by atoms with Gasteiger partial charge in [0.05, 0.1) is 12.7 Å². The number of carbonyl (C=O) groups excluding carboxylic acids is 1. The number of rotatable bonds is 11. The monoisotopic (exact) mass is 506 g/mol. The molecule has 7 heteroatoms. The van der Waals surface area contributed by atoms with Crippen molar-refractivity contribution in [2.45, 2.75) is 71.3 Å². The summed E-state index contributed by atoms with van der Waals surface area (Å²) in [6, 6.07) is 8.39. The molecule has 1 fully saturated rings. The summed E-state index contributed by atoms with van der Waals surface area (Å²) in [6.07, 6.45) is 12.7. The average molecular weight is 507 g/mol. The standard InChI is InChI=1S/C30H42N4O3/c1-3-22-19-32-30(33-20-22)34-17-14-23(15-18-34)21-37-28-11-9-25(10-12-28)24-5-7-26(8-6-24)29(36)31-16-13-27(35)4-2/h5,9-12,19-20,23,26-27,35H,3-4,6-8,13-18,21H2,1-2H3,(H,31,36). The highest BCUT2D eigenvalue weighted by Crippen LogP contribution is 2.31. The summed E-state index contributed by atoms with van der Waals surface area (Å²) in [4.78, 5) is 23.7. The van der Waals surface area contributed by atoms with Crippen LogP contribution in [0.2, 0.25) is 0 Å². The molecule has 0 radical (unpaired) electrons. The van der Waals surface area contributed by atoms with Crippen molar-refractivity contribution in [2.75, 3.05) is 31.1 Å². The molecule has 2 N–H and O–H groups in total. The molecule has 2 unspecified atom stereocenters. The second-order valence-electron chi connectivity index (χ2n) is 10.4. The first-order valence-corrected chi connectivity index (χ1v) is 14.0. The predicted molar refractivity (Wildman–Crippen MR) is 148 cm³/mol. The van der Waals surface area contributed by atoms with Crippen LogP contribution in [0.4, 0.5) is 5.95 Å². The number of hydrogen-bond acceptors (Lipinski definition) is 6. The fourth-order valence-corrected chi connectivity index (χ4v) is 5.02. The fraction of sp³-hybridized carbons (Fsp3) is 0.567. The average Bonchev–Trinajstić information content (AvgIpc) is 2.96. The van der Waals surface area contributed by atoms with E-state index < -0.39 is 0 Å². The van der Waals surface area contributed by atoms with Gasteiger partial charge in [-0.3, -0.25) is 4.79 Å². The molecule has 2 aromatic rings. The smallest absolute Gasteiger partial charge is 0.225 e. The molecule has 1 aliphatic carbocycles. The van der Waals surface area contributed by atoms with Crippen molar-refractivity contribution in [3.8, 4) is 5.75 Å². The molecule has 0 bridgehead atoms. The minimum Gasteiger partial charge on any atom is -0.493 e. The lowest BCUT2D eigenvalue weighted by Crippen LogP contribution is -2.36. The Morgan fingerprint density at radius 3 is 2.49 bits per heavy atom. The van der Waals surface area contributed by atoms with Crippen LogP contribution in [0.1, 0.15) is 69.9 Å². The van der Waals surface area contributed by atoms with Gasteiger partial charge in [0.15, 0.2) is 0 Å². The molecule has 4 rings (SSSR count). The van der Waals surface area contributed by atoms with Crippen LogP contribution >= 0.6 is 0 Å². The van der Waals surface area contributed by atoms with Crippen LogP contribution < -0.4 is 15.0 Å². The highest BCUT2D eigenvalue weighted by atomic mass is 16.5. The highest BCUT2D eigenvalue weighted by molar-refractivity contribution is 5.80. The Hall–Kier alpha value is -2.93.